The molecule has 2 aromatic rings. The summed E-state index contributed by atoms with van der Waals surface area (Å²) in [7, 11) is 1.57. The molecule has 1 N–H and O–H groups in total. The first-order valence-corrected chi connectivity index (χ1v) is 7.82. The van der Waals surface area contributed by atoms with Gasteiger partial charge >= 0.3 is 0 Å². The van der Waals surface area contributed by atoms with Gasteiger partial charge in [-0.25, -0.2) is 0 Å². The zero-order chi connectivity index (χ0) is 15.3. The maximum absolute atomic E-state index is 10.4. The van der Waals surface area contributed by atoms with E-state index in [9.17, 15) is 5.11 Å². The van der Waals surface area contributed by atoms with Crippen molar-refractivity contribution in [3.05, 3.63) is 53.1 Å². The molecule has 1 fully saturated rings. The molecule has 0 unspecified atom stereocenters. The van der Waals surface area contributed by atoms with E-state index in [2.05, 4.69) is 24.3 Å². The van der Waals surface area contributed by atoms with Gasteiger partial charge in [-0.1, -0.05) is 30.3 Å². The number of hydrogen-bond acceptors (Lipinski definition) is 3. The Hall–Kier alpha value is -2.16. The summed E-state index contributed by atoms with van der Waals surface area (Å²) in [6.45, 7) is 1.96. The van der Waals surface area contributed by atoms with Gasteiger partial charge in [0.2, 0.25) is 0 Å². The van der Waals surface area contributed by atoms with Crippen molar-refractivity contribution in [3.63, 3.8) is 0 Å². The molecule has 22 heavy (non-hydrogen) atoms. The number of hydrogen-bond donors (Lipinski definition) is 1. The van der Waals surface area contributed by atoms with Gasteiger partial charge in [0.1, 0.15) is 11.4 Å². The van der Waals surface area contributed by atoms with Gasteiger partial charge in [0.05, 0.1) is 7.11 Å². The molecule has 0 aromatic heterocycles. The first kappa shape index (κ1) is 13.5. The molecule has 1 aliphatic heterocycles. The number of ether oxygens (including phenoxy) is 2. The SMILES string of the molecule is COc1cc2c(c(C)c1O)[C@H]1CCC[C@@]1(c1ccccc1)O2. The van der Waals surface area contributed by atoms with Crippen molar-refractivity contribution in [1.82, 2.24) is 0 Å². The summed E-state index contributed by atoms with van der Waals surface area (Å²) in [5.41, 5.74) is 2.98. The summed E-state index contributed by atoms with van der Waals surface area (Å²) in [5, 5.41) is 10.4. The Morgan fingerprint density at radius 3 is 2.77 bits per heavy atom. The second-order valence-corrected chi connectivity index (χ2v) is 6.27. The third-order valence-electron chi connectivity index (χ3n) is 5.25. The van der Waals surface area contributed by atoms with Gasteiger partial charge in [0.15, 0.2) is 11.5 Å². The molecular weight excluding hydrogens is 276 g/mol. The summed E-state index contributed by atoms with van der Waals surface area (Å²) in [4.78, 5) is 0. The highest BCUT2D eigenvalue weighted by Gasteiger charge is 2.53. The van der Waals surface area contributed by atoms with E-state index in [4.69, 9.17) is 9.47 Å². The van der Waals surface area contributed by atoms with Crippen LogP contribution in [0, 0.1) is 6.92 Å². The van der Waals surface area contributed by atoms with Crippen molar-refractivity contribution >= 4 is 0 Å². The fourth-order valence-electron chi connectivity index (χ4n) is 4.23. The Kier molecular flexibility index (Phi) is 2.86. The van der Waals surface area contributed by atoms with Crippen molar-refractivity contribution in [3.8, 4) is 17.2 Å². The van der Waals surface area contributed by atoms with Crippen molar-refractivity contribution in [2.75, 3.05) is 7.11 Å². The van der Waals surface area contributed by atoms with Crippen molar-refractivity contribution in [1.29, 1.82) is 0 Å². The van der Waals surface area contributed by atoms with E-state index in [0.717, 1.165) is 36.1 Å². The molecule has 1 heterocycles. The predicted molar refractivity (Wildman–Crippen MR) is 84.7 cm³/mol. The average molecular weight is 296 g/mol. The molecule has 2 aliphatic rings. The number of rotatable bonds is 2. The van der Waals surface area contributed by atoms with E-state index in [1.54, 1.807) is 7.11 Å². The zero-order valence-corrected chi connectivity index (χ0v) is 12.9. The number of fused-ring (bicyclic) bond motifs is 3. The topological polar surface area (TPSA) is 38.7 Å². The number of benzene rings is 2. The molecule has 0 radical (unpaired) electrons. The van der Waals surface area contributed by atoms with Crippen LogP contribution >= 0.6 is 0 Å². The number of phenolic OH excluding ortho intramolecular Hbond substituents is 1. The first-order chi connectivity index (χ1) is 10.7. The van der Waals surface area contributed by atoms with E-state index in [0.29, 0.717) is 11.7 Å². The largest absolute Gasteiger partial charge is 0.504 e. The van der Waals surface area contributed by atoms with Crippen molar-refractivity contribution in [2.24, 2.45) is 0 Å². The molecule has 0 spiro atoms. The number of methoxy groups -OCH3 is 1. The van der Waals surface area contributed by atoms with E-state index < -0.39 is 0 Å². The number of aromatic hydroxyl groups is 1. The fraction of sp³-hybridized carbons (Fsp3) is 0.368. The van der Waals surface area contributed by atoms with Crippen LogP contribution in [0.3, 0.4) is 0 Å². The lowest BCUT2D eigenvalue weighted by atomic mass is 9.80. The van der Waals surface area contributed by atoms with Gasteiger partial charge in [-0.3, -0.25) is 0 Å². The van der Waals surface area contributed by atoms with Gasteiger partial charge in [0.25, 0.3) is 0 Å². The van der Waals surface area contributed by atoms with E-state index in [-0.39, 0.29) is 11.4 Å². The van der Waals surface area contributed by atoms with Crippen LogP contribution in [0.5, 0.6) is 17.2 Å². The molecule has 2 atom stereocenters. The summed E-state index contributed by atoms with van der Waals surface area (Å²) in [6.07, 6.45) is 3.25. The fourth-order valence-corrected chi connectivity index (χ4v) is 4.23. The second-order valence-electron chi connectivity index (χ2n) is 6.27. The van der Waals surface area contributed by atoms with E-state index in [1.807, 2.05) is 19.1 Å². The van der Waals surface area contributed by atoms with Crippen LogP contribution in [-0.2, 0) is 5.60 Å². The minimum Gasteiger partial charge on any atom is -0.504 e. The average Bonchev–Trinajstić information content (AvgIpc) is 3.08. The standard InChI is InChI=1S/C19H20O3/c1-12-17-14-9-6-10-19(14,13-7-4-3-5-8-13)22-15(17)11-16(21-2)18(12)20/h3-5,7-8,11,14,20H,6,9-10H2,1-2H3/t14-,19+/m1/s1. The predicted octanol–water partition coefficient (Wildman–Crippen LogP) is 4.26. The van der Waals surface area contributed by atoms with Crippen LogP contribution in [0.25, 0.3) is 0 Å². The first-order valence-electron chi connectivity index (χ1n) is 7.82. The van der Waals surface area contributed by atoms with Crippen LogP contribution in [-0.4, -0.2) is 12.2 Å². The highest BCUT2D eigenvalue weighted by atomic mass is 16.5. The van der Waals surface area contributed by atoms with E-state index >= 15 is 0 Å². The van der Waals surface area contributed by atoms with Crippen LogP contribution in [0.1, 0.15) is 41.9 Å². The highest BCUT2D eigenvalue weighted by Crippen LogP contribution is 2.61. The Morgan fingerprint density at radius 2 is 2.05 bits per heavy atom. The minimum atomic E-state index is -0.285. The summed E-state index contributed by atoms with van der Waals surface area (Å²) in [6, 6.07) is 12.3. The molecule has 3 nitrogen and oxygen atoms in total. The summed E-state index contributed by atoms with van der Waals surface area (Å²) >= 11 is 0. The van der Waals surface area contributed by atoms with E-state index in [1.165, 1.54) is 5.56 Å². The minimum absolute atomic E-state index is 0.237. The lowest BCUT2D eigenvalue weighted by Gasteiger charge is -2.29. The lowest BCUT2D eigenvalue weighted by Crippen LogP contribution is -2.30. The highest BCUT2D eigenvalue weighted by molar-refractivity contribution is 5.61. The molecule has 0 saturated heterocycles. The second kappa shape index (κ2) is 4.67. The Morgan fingerprint density at radius 1 is 1.27 bits per heavy atom. The molecule has 1 aliphatic carbocycles. The Labute approximate surface area is 130 Å². The molecule has 1 saturated carbocycles. The van der Waals surface area contributed by atoms with Crippen LogP contribution in [0.4, 0.5) is 0 Å². The monoisotopic (exact) mass is 296 g/mol. The summed E-state index contributed by atoms with van der Waals surface area (Å²) in [5.74, 6) is 1.89. The Bertz CT molecular complexity index is 723. The molecule has 4 rings (SSSR count). The molecular formula is C19H20O3. The maximum atomic E-state index is 10.4. The zero-order valence-electron chi connectivity index (χ0n) is 12.9. The van der Waals surface area contributed by atoms with Gasteiger partial charge in [-0.05, 0) is 31.7 Å². The lowest BCUT2D eigenvalue weighted by molar-refractivity contribution is 0.0839. The smallest absolute Gasteiger partial charge is 0.164 e. The number of phenols is 1. The molecule has 0 amide bonds. The normalized spacial score (nSPS) is 25.5. The van der Waals surface area contributed by atoms with Crippen molar-refractivity contribution in [2.45, 2.75) is 37.7 Å². The van der Waals surface area contributed by atoms with Crippen LogP contribution in [0.2, 0.25) is 0 Å². The van der Waals surface area contributed by atoms with Crippen LogP contribution in [0.15, 0.2) is 36.4 Å². The maximum Gasteiger partial charge on any atom is 0.164 e. The van der Waals surface area contributed by atoms with Gasteiger partial charge in [-0.2, -0.15) is 0 Å². The quantitative estimate of drug-likeness (QED) is 0.899. The van der Waals surface area contributed by atoms with Crippen molar-refractivity contribution < 1.29 is 14.6 Å². The Balaban J connectivity index is 1.90. The van der Waals surface area contributed by atoms with Gasteiger partial charge in [-0.15, -0.1) is 0 Å². The molecule has 3 heteroatoms. The molecule has 114 valence electrons. The third kappa shape index (κ3) is 1.62. The van der Waals surface area contributed by atoms with Gasteiger partial charge in [0, 0.05) is 23.1 Å². The van der Waals surface area contributed by atoms with Gasteiger partial charge < -0.3 is 14.6 Å². The third-order valence-corrected chi connectivity index (χ3v) is 5.25. The molecule has 0 bridgehead atoms. The molecule has 2 aromatic carbocycles. The van der Waals surface area contributed by atoms with Crippen LogP contribution < -0.4 is 9.47 Å². The summed E-state index contributed by atoms with van der Waals surface area (Å²) < 4.78 is 11.8.